The Hall–Kier alpha value is -3.85. The van der Waals surface area contributed by atoms with E-state index in [1.807, 2.05) is 43.3 Å². The summed E-state index contributed by atoms with van der Waals surface area (Å²) in [6, 6.07) is 18.3. The van der Waals surface area contributed by atoms with Crippen molar-refractivity contribution in [1.29, 1.82) is 0 Å². The fraction of sp³-hybridized carbons (Fsp3) is 0.200. The van der Waals surface area contributed by atoms with Crippen LogP contribution >= 0.6 is 11.6 Å². The van der Waals surface area contributed by atoms with Gasteiger partial charge in [0.1, 0.15) is 49.6 Å². The highest BCUT2D eigenvalue weighted by molar-refractivity contribution is 6.32. The second kappa shape index (κ2) is 11.9. The Morgan fingerprint density at radius 2 is 1.62 bits per heavy atom. The molecule has 0 bridgehead atoms. The highest BCUT2D eigenvalue weighted by atomic mass is 35.5. The van der Waals surface area contributed by atoms with Crippen LogP contribution in [0, 0.1) is 18.6 Å². The number of fused-ring (bicyclic) bond motifs is 1. The zero-order chi connectivity index (χ0) is 27.4. The van der Waals surface area contributed by atoms with Crippen LogP contribution in [-0.4, -0.2) is 18.4 Å². The number of nitrogens with one attached hydrogen (secondary N) is 1. The van der Waals surface area contributed by atoms with Gasteiger partial charge in [-0.15, -0.1) is 0 Å². The van der Waals surface area contributed by atoms with Gasteiger partial charge < -0.3 is 24.2 Å². The Balaban J connectivity index is 1.36. The van der Waals surface area contributed by atoms with Gasteiger partial charge in [0, 0.05) is 29.8 Å². The number of halogens is 3. The monoisotopic (exact) mass is 553 g/mol. The molecule has 0 aromatic heterocycles. The van der Waals surface area contributed by atoms with Crippen LogP contribution in [0.4, 0.5) is 8.78 Å². The molecular formula is C30H26ClF2NO5. The van der Waals surface area contributed by atoms with Gasteiger partial charge in [-0.2, -0.15) is 0 Å². The van der Waals surface area contributed by atoms with Crippen molar-refractivity contribution in [1.82, 2.24) is 5.48 Å². The predicted octanol–water partition coefficient (Wildman–Crippen LogP) is 7.00. The molecule has 202 valence electrons. The smallest absolute Gasteiger partial charge is 0.161 e. The van der Waals surface area contributed by atoms with E-state index in [9.17, 15) is 14.0 Å². The molecule has 0 radical (unpaired) electrons. The first-order valence-electron chi connectivity index (χ1n) is 12.3. The lowest BCUT2D eigenvalue weighted by Crippen LogP contribution is -2.15. The number of ether oxygens (including phenoxy) is 4. The zero-order valence-corrected chi connectivity index (χ0v) is 21.9. The van der Waals surface area contributed by atoms with Gasteiger partial charge in [-0.25, -0.2) is 14.3 Å². The molecule has 2 N–H and O–H groups in total. The Bertz CT molecular complexity index is 1500. The molecule has 0 atom stereocenters. The number of hydroxylamine groups is 1. The second-order valence-electron chi connectivity index (χ2n) is 8.99. The molecule has 0 saturated carbocycles. The van der Waals surface area contributed by atoms with Crippen molar-refractivity contribution in [2.24, 2.45) is 0 Å². The summed E-state index contributed by atoms with van der Waals surface area (Å²) in [4.78, 5) is 0. The number of benzene rings is 4. The normalized spacial score (nSPS) is 12.3. The standard InChI is InChI=1S/C30H26ClF2NO5/c1-18-20(3-2-4-24(18)19-6-8-27-30(12-19)37-10-9-36-27)16-39-29-14-28(22(15-34-35)11-25(29)31)38-17-21-5-7-23(32)13-26(21)33/h2-8,11-14,34-35H,9-10,15-17H2,1H3. The van der Waals surface area contributed by atoms with E-state index < -0.39 is 11.6 Å². The van der Waals surface area contributed by atoms with Gasteiger partial charge in [-0.05, 0) is 59.5 Å². The predicted molar refractivity (Wildman–Crippen MR) is 143 cm³/mol. The number of hydrogen-bond donors (Lipinski definition) is 2. The van der Waals surface area contributed by atoms with E-state index in [1.54, 1.807) is 12.1 Å². The van der Waals surface area contributed by atoms with Crippen molar-refractivity contribution < 1.29 is 32.9 Å². The van der Waals surface area contributed by atoms with E-state index in [1.165, 1.54) is 6.07 Å². The Morgan fingerprint density at radius 3 is 2.41 bits per heavy atom. The Labute approximate surface area is 229 Å². The molecule has 1 heterocycles. The van der Waals surface area contributed by atoms with Crippen LogP contribution in [0.15, 0.2) is 66.7 Å². The first-order chi connectivity index (χ1) is 18.9. The lowest BCUT2D eigenvalue weighted by Gasteiger charge is -2.20. The molecule has 9 heteroatoms. The number of hydrogen-bond acceptors (Lipinski definition) is 6. The minimum absolute atomic E-state index is 0.0396. The second-order valence-corrected chi connectivity index (χ2v) is 9.39. The van der Waals surface area contributed by atoms with E-state index >= 15 is 0 Å². The topological polar surface area (TPSA) is 69.2 Å². The summed E-state index contributed by atoms with van der Waals surface area (Å²) in [5.74, 6) is 0.764. The molecule has 6 nitrogen and oxygen atoms in total. The summed E-state index contributed by atoms with van der Waals surface area (Å²) in [7, 11) is 0. The van der Waals surface area contributed by atoms with Crippen molar-refractivity contribution in [2.45, 2.75) is 26.7 Å². The van der Waals surface area contributed by atoms with E-state index in [0.29, 0.717) is 35.3 Å². The van der Waals surface area contributed by atoms with Gasteiger partial charge in [0.05, 0.1) is 5.02 Å². The van der Waals surface area contributed by atoms with Crippen molar-refractivity contribution in [3.8, 4) is 34.1 Å². The summed E-state index contributed by atoms with van der Waals surface area (Å²) in [6.45, 7) is 3.19. The maximum Gasteiger partial charge on any atom is 0.161 e. The molecule has 0 spiro atoms. The molecule has 4 aromatic carbocycles. The highest BCUT2D eigenvalue weighted by Crippen LogP contribution is 2.37. The van der Waals surface area contributed by atoms with Crippen molar-refractivity contribution in [3.63, 3.8) is 0 Å². The lowest BCUT2D eigenvalue weighted by molar-refractivity contribution is 0.159. The van der Waals surface area contributed by atoms with Gasteiger partial charge in [0.25, 0.3) is 0 Å². The highest BCUT2D eigenvalue weighted by Gasteiger charge is 2.16. The molecule has 0 saturated heterocycles. The van der Waals surface area contributed by atoms with Crippen molar-refractivity contribution in [2.75, 3.05) is 13.2 Å². The van der Waals surface area contributed by atoms with Gasteiger partial charge in [-0.3, -0.25) is 0 Å². The van der Waals surface area contributed by atoms with Crippen LogP contribution in [0.1, 0.15) is 22.3 Å². The number of rotatable bonds is 9. The quantitative estimate of drug-likeness (QED) is 0.217. The summed E-state index contributed by atoms with van der Waals surface area (Å²) in [5, 5.41) is 9.56. The fourth-order valence-corrected chi connectivity index (χ4v) is 4.60. The molecule has 1 aliphatic heterocycles. The average molecular weight is 554 g/mol. The third kappa shape index (κ3) is 6.09. The van der Waals surface area contributed by atoms with Gasteiger partial charge in [-0.1, -0.05) is 35.9 Å². The largest absolute Gasteiger partial charge is 0.488 e. The Kier molecular flexibility index (Phi) is 8.16. The molecule has 0 fully saturated rings. The molecule has 4 aromatic rings. The van der Waals surface area contributed by atoms with Crippen LogP contribution in [-0.2, 0) is 19.8 Å². The van der Waals surface area contributed by atoms with Gasteiger partial charge >= 0.3 is 0 Å². The fourth-order valence-electron chi connectivity index (χ4n) is 4.36. The zero-order valence-electron chi connectivity index (χ0n) is 21.1. The first-order valence-corrected chi connectivity index (χ1v) is 12.7. The van der Waals surface area contributed by atoms with Crippen molar-refractivity contribution in [3.05, 3.63) is 106 Å². The van der Waals surface area contributed by atoms with Gasteiger partial charge in [0.2, 0.25) is 0 Å². The van der Waals surface area contributed by atoms with Crippen LogP contribution in [0.25, 0.3) is 11.1 Å². The molecular weight excluding hydrogens is 528 g/mol. The summed E-state index contributed by atoms with van der Waals surface area (Å²) < 4.78 is 50.6. The summed E-state index contributed by atoms with van der Waals surface area (Å²) in [6.07, 6.45) is 0. The molecule has 39 heavy (non-hydrogen) atoms. The molecule has 1 aliphatic rings. The average Bonchev–Trinajstić information content (AvgIpc) is 2.93. The van der Waals surface area contributed by atoms with E-state index in [2.05, 4.69) is 5.48 Å². The van der Waals surface area contributed by atoms with E-state index in [4.69, 9.17) is 30.5 Å². The van der Waals surface area contributed by atoms with Crippen LogP contribution < -0.4 is 24.4 Å². The van der Waals surface area contributed by atoms with E-state index in [0.717, 1.165) is 45.9 Å². The summed E-state index contributed by atoms with van der Waals surface area (Å²) in [5.41, 5.74) is 6.82. The van der Waals surface area contributed by atoms with Crippen molar-refractivity contribution >= 4 is 11.6 Å². The maximum atomic E-state index is 14.1. The third-order valence-corrected chi connectivity index (χ3v) is 6.76. The van der Waals surface area contributed by atoms with Crippen LogP contribution in [0.3, 0.4) is 0 Å². The third-order valence-electron chi connectivity index (χ3n) is 6.47. The van der Waals surface area contributed by atoms with Gasteiger partial charge in [0.15, 0.2) is 11.5 Å². The lowest BCUT2D eigenvalue weighted by atomic mass is 9.96. The maximum absolute atomic E-state index is 14.1. The molecule has 0 amide bonds. The molecule has 0 unspecified atom stereocenters. The minimum Gasteiger partial charge on any atom is -0.488 e. The molecule has 5 rings (SSSR count). The SMILES string of the molecule is Cc1c(COc2cc(OCc3ccc(F)cc3F)c(CNO)cc2Cl)cccc1-c1ccc2c(c1)OCCO2. The Morgan fingerprint density at radius 1 is 0.846 bits per heavy atom. The molecule has 0 aliphatic carbocycles. The summed E-state index contributed by atoms with van der Waals surface area (Å²) >= 11 is 6.48. The van der Waals surface area contributed by atoms with Crippen LogP contribution in [0.2, 0.25) is 5.02 Å². The van der Waals surface area contributed by atoms with E-state index in [-0.39, 0.29) is 25.3 Å². The minimum atomic E-state index is -0.712. The first kappa shape index (κ1) is 26.7. The van der Waals surface area contributed by atoms with Crippen LogP contribution in [0.5, 0.6) is 23.0 Å².